The Labute approximate surface area is 134 Å². The van der Waals surface area contributed by atoms with Crippen molar-refractivity contribution in [2.24, 2.45) is 0 Å². The molecule has 0 saturated heterocycles. The van der Waals surface area contributed by atoms with E-state index in [-0.39, 0.29) is 35.4 Å². The lowest BCUT2D eigenvalue weighted by Crippen LogP contribution is -2.35. The van der Waals surface area contributed by atoms with Crippen LogP contribution >= 0.6 is 11.6 Å². The van der Waals surface area contributed by atoms with Crippen molar-refractivity contribution >= 4 is 29.3 Å². The van der Waals surface area contributed by atoms with Gasteiger partial charge in [-0.1, -0.05) is 31.0 Å². The molecule has 0 spiro atoms. The van der Waals surface area contributed by atoms with Crippen LogP contribution in [0.2, 0.25) is 5.02 Å². The number of imide groups is 1. The molecule has 0 unspecified atom stereocenters. The minimum atomic E-state index is -0.422. The van der Waals surface area contributed by atoms with E-state index < -0.39 is 5.91 Å². The molecular weight excluding hydrogens is 304 g/mol. The van der Waals surface area contributed by atoms with Crippen molar-refractivity contribution in [1.82, 2.24) is 9.80 Å². The molecule has 0 bridgehead atoms. The molecule has 1 aromatic rings. The van der Waals surface area contributed by atoms with Gasteiger partial charge in [-0.2, -0.15) is 0 Å². The molecule has 0 N–H and O–H groups in total. The van der Waals surface area contributed by atoms with Crippen molar-refractivity contribution in [1.29, 1.82) is 0 Å². The lowest BCUT2D eigenvalue weighted by molar-refractivity contribution is -0.130. The topological polar surface area (TPSA) is 57.7 Å². The number of nitrogens with zero attached hydrogens (tertiary/aromatic N) is 2. The van der Waals surface area contributed by atoms with E-state index in [1.54, 1.807) is 30.1 Å². The fourth-order valence-corrected chi connectivity index (χ4v) is 2.67. The fraction of sp³-hybridized carbons (Fsp3) is 0.438. The molecule has 118 valence electrons. The summed E-state index contributed by atoms with van der Waals surface area (Å²) in [5.41, 5.74) is 0.547. The van der Waals surface area contributed by atoms with E-state index in [2.05, 4.69) is 6.92 Å². The minimum absolute atomic E-state index is 0.0731. The monoisotopic (exact) mass is 322 g/mol. The number of rotatable bonds is 6. The van der Waals surface area contributed by atoms with Gasteiger partial charge in [0.05, 0.1) is 16.1 Å². The number of hydrogen-bond acceptors (Lipinski definition) is 3. The summed E-state index contributed by atoms with van der Waals surface area (Å²) in [4.78, 5) is 39.3. The largest absolute Gasteiger partial charge is 0.346 e. The number of amides is 3. The molecule has 0 aromatic heterocycles. The van der Waals surface area contributed by atoms with Gasteiger partial charge in [-0.25, -0.2) is 0 Å². The third kappa shape index (κ3) is 3.14. The molecule has 0 aliphatic carbocycles. The Morgan fingerprint density at radius 1 is 1.27 bits per heavy atom. The van der Waals surface area contributed by atoms with E-state index in [4.69, 9.17) is 11.6 Å². The molecule has 1 aliphatic rings. The molecular formula is C16H19ClN2O3. The quantitative estimate of drug-likeness (QED) is 0.756. The van der Waals surface area contributed by atoms with Crippen molar-refractivity contribution < 1.29 is 14.4 Å². The van der Waals surface area contributed by atoms with E-state index in [1.165, 1.54) is 0 Å². The minimum Gasteiger partial charge on any atom is -0.346 e. The van der Waals surface area contributed by atoms with Gasteiger partial charge in [-0.15, -0.1) is 0 Å². The summed E-state index contributed by atoms with van der Waals surface area (Å²) in [5, 5.41) is 0.268. The maximum absolute atomic E-state index is 12.3. The summed E-state index contributed by atoms with van der Waals surface area (Å²) in [6.07, 6.45) is 2.07. The van der Waals surface area contributed by atoms with Crippen LogP contribution in [0.3, 0.4) is 0 Å². The molecule has 0 fully saturated rings. The summed E-state index contributed by atoms with van der Waals surface area (Å²) >= 11 is 5.99. The highest BCUT2D eigenvalue weighted by molar-refractivity contribution is 6.37. The van der Waals surface area contributed by atoms with Crippen molar-refractivity contribution in [2.75, 3.05) is 20.1 Å². The van der Waals surface area contributed by atoms with Crippen LogP contribution in [0.5, 0.6) is 0 Å². The lowest BCUT2D eigenvalue weighted by atomic mass is 10.1. The molecule has 2 rings (SSSR count). The third-order valence-corrected chi connectivity index (χ3v) is 4.09. The highest BCUT2D eigenvalue weighted by Crippen LogP contribution is 2.29. The highest BCUT2D eigenvalue weighted by Gasteiger charge is 2.37. The number of benzene rings is 1. The third-order valence-electron chi connectivity index (χ3n) is 3.77. The first-order chi connectivity index (χ1) is 10.5. The normalized spacial score (nSPS) is 13.5. The predicted molar refractivity (Wildman–Crippen MR) is 84.0 cm³/mol. The molecule has 0 saturated carbocycles. The fourth-order valence-electron chi connectivity index (χ4n) is 2.41. The number of halogens is 1. The van der Waals surface area contributed by atoms with E-state index >= 15 is 0 Å². The van der Waals surface area contributed by atoms with Crippen LogP contribution < -0.4 is 0 Å². The van der Waals surface area contributed by atoms with Gasteiger partial charge in [0.1, 0.15) is 0 Å². The van der Waals surface area contributed by atoms with Crippen molar-refractivity contribution in [3.63, 3.8) is 0 Å². The van der Waals surface area contributed by atoms with E-state index in [9.17, 15) is 14.4 Å². The molecule has 1 heterocycles. The Balaban J connectivity index is 2.01. The number of carbonyl (C=O) groups excluding carboxylic acids is 3. The zero-order chi connectivity index (χ0) is 16.3. The van der Waals surface area contributed by atoms with Crippen molar-refractivity contribution in [2.45, 2.75) is 26.2 Å². The maximum atomic E-state index is 12.3. The number of fused-ring (bicyclic) bond motifs is 1. The van der Waals surface area contributed by atoms with Crippen LogP contribution in [-0.2, 0) is 4.79 Å². The Bertz CT molecular complexity index is 615. The first-order valence-corrected chi connectivity index (χ1v) is 7.73. The zero-order valence-corrected chi connectivity index (χ0v) is 13.5. The molecule has 5 nitrogen and oxygen atoms in total. The summed E-state index contributed by atoms with van der Waals surface area (Å²) < 4.78 is 0. The molecule has 3 amide bonds. The number of unbranched alkanes of at least 4 members (excludes halogenated alkanes) is 1. The van der Waals surface area contributed by atoms with E-state index in [1.807, 2.05) is 0 Å². The molecule has 6 heteroatoms. The Kier molecular flexibility index (Phi) is 5.19. The van der Waals surface area contributed by atoms with E-state index in [0.717, 1.165) is 17.7 Å². The molecule has 1 aromatic carbocycles. The van der Waals surface area contributed by atoms with Crippen LogP contribution in [0.25, 0.3) is 0 Å². The van der Waals surface area contributed by atoms with Gasteiger partial charge in [-0.3, -0.25) is 19.3 Å². The maximum Gasteiger partial charge on any atom is 0.263 e. The second-order valence-corrected chi connectivity index (χ2v) is 5.75. The van der Waals surface area contributed by atoms with Gasteiger partial charge in [-0.05, 0) is 18.6 Å². The Morgan fingerprint density at radius 2 is 2.00 bits per heavy atom. The van der Waals surface area contributed by atoms with Gasteiger partial charge in [0.2, 0.25) is 5.91 Å². The van der Waals surface area contributed by atoms with Crippen LogP contribution in [0.15, 0.2) is 18.2 Å². The van der Waals surface area contributed by atoms with Gasteiger partial charge < -0.3 is 4.90 Å². The van der Waals surface area contributed by atoms with Crippen LogP contribution in [0.4, 0.5) is 0 Å². The van der Waals surface area contributed by atoms with Crippen molar-refractivity contribution in [3.05, 3.63) is 34.3 Å². The van der Waals surface area contributed by atoms with Gasteiger partial charge >= 0.3 is 0 Å². The Morgan fingerprint density at radius 3 is 2.64 bits per heavy atom. The summed E-state index contributed by atoms with van der Waals surface area (Å²) in [6.45, 7) is 2.82. The molecule has 0 atom stereocenters. The van der Waals surface area contributed by atoms with Crippen molar-refractivity contribution in [3.8, 4) is 0 Å². The van der Waals surface area contributed by atoms with E-state index in [0.29, 0.717) is 12.1 Å². The smallest absolute Gasteiger partial charge is 0.263 e. The average Bonchev–Trinajstić information content (AvgIpc) is 2.75. The van der Waals surface area contributed by atoms with Gasteiger partial charge in [0.15, 0.2) is 0 Å². The van der Waals surface area contributed by atoms with Gasteiger partial charge in [0, 0.05) is 26.6 Å². The standard InChI is InChI=1S/C16H19ClN2O3/c1-3-4-9-18(2)13(20)8-10-19-15(21)11-6-5-7-12(17)14(11)16(19)22/h5-7H,3-4,8-10H2,1-2H3. The predicted octanol–water partition coefficient (Wildman–Crippen LogP) is 2.58. The summed E-state index contributed by atoms with van der Waals surface area (Å²) in [5.74, 6) is -0.878. The number of carbonyl (C=O) groups is 3. The second-order valence-electron chi connectivity index (χ2n) is 5.34. The summed E-state index contributed by atoms with van der Waals surface area (Å²) in [7, 11) is 1.73. The highest BCUT2D eigenvalue weighted by atomic mass is 35.5. The number of hydrogen-bond donors (Lipinski definition) is 0. The second kappa shape index (κ2) is 6.92. The lowest BCUT2D eigenvalue weighted by Gasteiger charge is -2.19. The molecule has 0 radical (unpaired) electrons. The first kappa shape index (κ1) is 16.5. The summed E-state index contributed by atoms with van der Waals surface area (Å²) in [6, 6.07) is 4.80. The van der Waals surface area contributed by atoms with Crippen LogP contribution in [0, 0.1) is 0 Å². The average molecular weight is 323 g/mol. The molecule has 1 aliphatic heterocycles. The molecule has 22 heavy (non-hydrogen) atoms. The van der Waals surface area contributed by atoms with Gasteiger partial charge in [0.25, 0.3) is 11.8 Å². The zero-order valence-electron chi connectivity index (χ0n) is 12.8. The van der Waals surface area contributed by atoms with Crippen LogP contribution in [-0.4, -0.2) is 47.7 Å². The van der Waals surface area contributed by atoms with Crippen LogP contribution in [0.1, 0.15) is 46.9 Å². The SMILES string of the molecule is CCCCN(C)C(=O)CCN1C(=O)c2cccc(Cl)c2C1=O. The Hall–Kier alpha value is -1.88. The first-order valence-electron chi connectivity index (χ1n) is 7.36.